The van der Waals surface area contributed by atoms with Crippen LogP contribution in [0.15, 0.2) is 0 Å². The monoisotopic (exact) mass is 114 g/mol. The first-order chi connectivity index (χ1) is 3.41. The van der Waals surface area contributed by atoms with Gasteiger partial charge >= 0.3 is 0 Å². The number of unbranched alkanes of at least 4 members (excludes halogenated alkanes) is 1. The Morgan fingerprint density at radius 2 is 2.00 bits per heavy atom. The maximum Gasteiger partial charge on any atom is 0.236 e. The second kappa shape index (κ2) is 6.53. The van der Waals surface area contributed by atoms with Crippen LogP contribution < -0.4 is 0 Å². The minimum Gasteiger partial charge on any atom is -0.100 e. The third kappa shape index (κ3) is 6.53. The molecule has 0 aliphatic carbocycles. The summed E-state index contributed by atoms with van der Waals surface area (Å²) in [6.45, 7) is 4.58. The highest BCUT2D eigenvalue weighted by Gasteiger charge is 1.85. The number of hydrogen-bond acceptors (Lipinski definition) is 0. The van der Waals surface area contributed by atoms with Crippen molar-refractivity contribution >= 4 is 15.2 Å². The van der Waals surface area contributed by atoms with Gasteiger partial charge in [-0.1, -0.05) is 32.0 Å². The van der Waals surface area contributed by atoms with Crippen LogP contribution in [0.25, 0.3) is 0 Å². The Balaban J connectivity index is 2.45. The molecule has 7 heavy (non-hydrogen) atoms. The Kier molecular flexibility index (Phi) is 7.03. The molecule has 0 rings (SSSR count). The molecule has 0 aliphatic rings. The fraction of sp³-hybridized carbons (Fsp3) is 1.00. The summed E-state index contributed by atoms with van der Waals surface area (Å²) in [5.74, 6) is 0. The van der Waals surface area contributed by atoms with E-state index in [0.717, 1.165) is 0 Å². The van der Waals surface area contributed by atoms with E-state index in [-0.39, 0.29) is 0 Å². The average molecular weight is 114 g/mol. The predicted molar refractivity (Wildman–Crippen MR) is 37.3 cm³/mol. The van der Waals surface area contributed by atoms with E-state index in [1.165, 1.54) is 18.1 Å². The molecule has 0 nitrogen and oxygen atoms in total. The van der Waals surface area contributed by atoms with Crippen LogP contribution in [-0.4, -0.2) is 15.2 Å². The normalized spacial score (nSPS) is 8.86. The molecule has 1 heteroatoms. The van der Waals surface area contributed by atoms with E-state index in [1.54, 1.807) is 5.28 Å². The molecule has 0 bridgehead atoms. The Morgan fingerprint density at radius 3 is 2.43 bits per heavy atom. The van der Waals surface area contributed by atoms with Gasteiger partial charge in [-0.2, -0.15) is 0 Å². The van der Waals surface area contributed by atoms with Crippen LogP contribution in [0.1, 0.15) is 26.7 Å². The van der Waals surface area contributed by atoms with Crippen LogP contribution in [0.2, 0.25) is 10.6 Å². The van der Waals surface area contributed by atoms with E-state index in [4.69, 9.17) is 0 Å². The predicted octanol–water partition coefficient (Wildman–Crippen LogP) is 2.08. The summed E-state index contributed by atoms with van der Waals surface area (Å²) in [6.07, 6.45) is 2.88. The van der Waals surface area contributed by atoms with Crippen molar-refractivity contribution < 1.29 is 0 Å². The first-order valence-corrected chi connectivity index (χ1v) is 5.41. The SMILES string of the molecule is CCC[CH2][AlH][CH2]C. The molecule has 0 spiro atoms. The van der Waals surface area contributed by atoms with Gasteiger partial charge in [-0.15, -0.1) is 5.28 Å². The summed E-state index contributed by atoms with van der Waals surface area (Å²) in [4.78, 5) is 0. The van der Waals surface area contributed by atoms with Crippen LogP contribution >= 0.6 is 0 Å². The highest BCUT2D eigenvalue weighted by Crippen LogP contribution is 1.94. The maximum atomic E-state index is 2.31. The van der Waals surface area contributed by atoms with Crippen molar-refractivity contribution in [3.63, 3.8) is 0 Å². The smallest absolute Gasteiger partial charge is 0.100 e. The van der Waals surface area contributed by atoms with Gasteiger partial charge in [-0.3, -0.25) is 0 Å². The molecule has 0 saturated heterocycles. The zero-order chi connectivity index (χ0) is 5.54. The third-order valence-corrected chi connectivity index (χ3v) is 2.91. The molecular weight excluding hydrogens is 99.0 g/mol. The molecule has 0 amide bonds. The van der Waals surface area contributed by atoms with E-state index in [2.05, 4.69) is 13.8 Å². The van der Waals surface area contributed by atoms with Gasteiger partial charge in [0.15, 0.2) is 0 Å². The lowest BCUT2D eigenvalue weighted by Gasteiger charge is -1.87. The lowest BCUT2D eigenvalue weighted by atomic mass is 10.4. The van der Waals surface area contributed by atoms with Crippen molar-refractivity contribution in [2.45, 2.75) is 37.3 Å². The fourth-order valence-corrected chi connectivity index (χ4v) is 2.03. The molecule has 0 fully saturated rings. The molecule has 0 aromatic rings. The van der Waals surface area contributed by atoms with Gasteiger partial charge in [0, 0.05) is 0 Å². The van der Waals surface area contributed by atoms with Crippen molar-refractivity contribution in [3.05, 3.63) is 0 Å². The lowest BCUT2D eigenvalue weighted by Crippen LogP contribution is -1.82. The van der Waals surface area contributed by atoms with Crippen molar-refractivity contribution in [1.29, 1.82) is 0 Å². The highest BCUT2D eigenvalue weighted by atomic mass is 27.1. The van der Waals surface area contributed by atoms with E-state index in [1.807, 2.05) is 0 Å². The highest BCUT2D eigenvalue weighted by molar-refractivity contribution is 6.35. The molecule has 42 valence electrons. The molecule has 0 aliphatic heterocycles. The summed E-state index contributed by atoms with van der Waals surface area (Å²) in [7, 11) is 0. The van der Waals surface area contributed by atoms with Crippen molar-refractivity contribution in [1.82, 2.24) is 0 Å². The molecule has 0 radical (unpaired) electrons. The van der Waals surface area contributed by atoms with Crippen molar-refractivity contribution in [2.24, 2.45) is 0 Å². The van der Waals surface area contributed by atoms with Gasteiger partial charge in [-0.05, 0) is 0 Å². The van der Waals surface area contributed by atoms with Gasteiger partial charge in [0.2, 0.25) is 15.2 Å². The van der Waals surface area contributed by atoms with Crippen LogP contribution in [0, 0.1) is 0 Å². The molecular formula is C6H15Al. The lowest BCUT2D eigenvalue weighted by molar-refractivity contribution is 0.877. The quantitative estimate of drug-likeness (QED) is 0.387. The van der Waals surface area contributed by atoms with Crippen LogP contribution in [-0.2, 0) is 0 Å². The minimum absolute atomic E-state index is 0.411. The molecule has 0 aromatic heterocycles. The number of rotatable bonds is 4. The van der Waals surface area contributed by atoms with E-state index in [9.17, 15) is 0 Å². The van der Waals surface area contributed by atoms with Gasteiger partial charge in [0.05, 0.1) is 0 Å². The van der Waals surface area contributed by atoms with Crippen LogP contribution in [0.3, 0.4) is 0 Å². The van der Waals surface area contributed by atoms with Crippen LogP contribution in [0.5, 0.6) is 0 Å². The summed E-state index contributed by atoms with van der Waals surface area (Å²) in [5, 5.41) is 3.08. The first kappa shape index (κ1) is 7.53. The Hall–Kier alpha value is 0.532. The second-order valence-corrected chi connectivity index (χ2v) is 4.47. The van der Waals surface area contributed by atoms with Gasteiger partial charge < -0.3 is 0 Å². The average Bonchev–Trinajstić information content (AvgIpc) is 1.69. The number of hydrogen-bond donors (Lipinski definition) is 0. The van der Waals surface area contributed by atoms with E-state index >= 15 is 0 Å². The summed E-state index contributed by atoms with van der Waals surface area (Å²) in [6, 6.07) is 0. The zero-order valence-corrected chi connectivity index (χ0v) is 6.95. The Bertz CT molecular complexity index is 23.4. The Labute approximate surface area is 53.0 Å². The van der Waals surface area contributed by atoms with E-state index < -0.39 is 0 Å². The molecule has 0 heterocycles. The van der Waals surface area contributed by atoms with Crippen LogP contribution in [0.4, 0.5) is 0 Å². The van der Waals surface area contributed by atoms with E-state index in [0.29, 0.717) is 15.2 Å². The van der Waals surface area contributed by atoms with Gasteiger partial charge in [-0.25, -0.2) is 0 Å². The summed E-state index contributed by atoms with van der Waals surface area (Å²) >= 11 is 0.411. The molecule has 0 aromatic carbocycles. The van der Waals surface area contributed by atoms with Crippen molar-refractivity contribution in [3.8, 4) is 0 Å². The topological polar surface area (TPSA) is 0 Å². The third-order valence-electron chi connectivity index (χ3n) is 1.21. The molecule has 0 saturated carbocycles. The standard InChI is InChI=1S/C4H9.C2H5.Al.H/c1-3-4-2;1-2;;/h1,3-4H2,2H3;1H2,2H3;;. The van der Waals surface area contributed by atoms with Crippen molar-refractivity contribution in [2.75, 3.05) is 0 Å². The largest absolute Gasteiger partial charge is 0.236 e. The Morgan fingerprint density at radius 1 is 1.29 bits per heavy atom. The minimum atomic E-state index is 0.411. The second-order valence-electron chi connectivity index (χ2n) is 2.06. The molecule has 0 atom stereocenters. The first-order valence-electron chi connectivity index (χ1n) is 3.41. The summed E-state index contributed by atoms with van der Waals surface area (Å²) in [5.41, 5.74) is 0. The maximum absolute atomic E-state index is 2.31. The molecule has 0 unspecified atom stereocenters. The fourth-order valence-electron chi connectivity index (χ4n) is 0.677. The zero-order valence-electron chi connectivity index (χ0n) is 5.54. The summed E-state index contributed by atoms with van der Waals surface area (Å²) < 4.78 is 0. The van der Waals surface area contributed by atoms with Gasteiger partial charge in [0.25, 0.3) is 0 Å². The molecule has 0 N–H and O–H groups in total. The van der Waals surface area contributed by atoms with Gasteiger partial charge in [0.1, 0.15) is 0 Å².